The van der Waals surface area contributed by atoms with Crippen molar-refractivity contribution >= 4 is 0 Å². The van der Waals surface area contributed by atoms with Gasteiger partial charge in [0.05, 0.1) is 6.61 Å². The smallest absolute Gasteiger partial charge is 0.0584 e. The second-order valence-electron chi connectivity index (χ2n) is 2.47. The monoisotopic (exact) mass is 127 g/mol. The Morgan fingerprint density at radius 3 is 2.78 bits per heavy atom. The van der Waals surface area contributed by atoms with Crippen LogP contribution < -0.4 is 5.32 Å². The summed E-state index contributed by atoms with van der Waals surface area (Å²) in [7, 11) is 0. The molecule has 2 unspecified atom stereocenters. The van der Waals surface area contributed by atoms with Crippen LogP contribution in [0.5, 0.6) is 0 Å². The molecule has 1 rings (SSSR count). The Labute approximate surface area is 55.6 Å². The van der Waals surface area contributed by atoms with Crippen LogP contribution in [-0.4, -0.2) is 23.8 Å². The Balaban J connectivity index is 2.28. The summed E-state index contributed by atoms with van der Waals surface area (Å²) in [5.74, 6) is 0. The van der Waals surface area contributed by atoms with Gasteiger partial charge < -0.3 is 10.4 Å². The van der Waals surface area contributed by atoms with Crippen molar-refractivity contribution in [1.82, 2.24) is 5.32 Å². The molecule has 1 aliphatic rings. The molecule has 52 valence electrons. The summed E-state index contributed by atoms with van der Waals surface area (Å²) >= 11 is 0. The molecule has 1 fully saturated rings. The van der Waals surface area contributed by atoms with Crippen LogP contribution in [0, 0.1) is 0 Å². The molecule has 1 heterocycles. The summed E-state index contributed by atoms with van der Waals surface area (Å²) < 4.78 is 0. The molecule has 0 amide bonds. The van der Waals surface area contributed by atoms with Gasteiger partial charge in [-0.15, -0.1) is 6.58 Å². The van der Waals surface area contributed by atoms with Crippen molar-refractivity contribution in [3.05, 3.63) is 12.7 Å². The molecule has 0 radical (unpaired) electrons. The van der Waals surface area contributed by atoms with Gasteiger partial charge in [-0.1, -0.05) is 6.08 Å². The first-order chi connectivity index (χ1) is 4.36. The van der Waals surface area contributed by atoms with Crippen molar-refractivity contribution in [3.8, 4) is 0 Å². The van der Waals surface area contributed by atoms with E-state index in [9.17, 15) is 0 Å². The van der Waals surface area contributed by atoms with Crippen molar-refractivity contribution in [2.24, 2.45) is 0 Å². The predicted octanol–water partition coefficient (Wildman–Crippen LogP) is 0.285. The maximum atomic E-state index is 8.68. The SMILES string of the molecule is C=CC1CCC(CO)N1. The molecule has 0 spiro atoms. The van der Waals surface area contributed by atoms with Crippen LogP contribution in [0.3, 0.4) is 0 Å². The lowest BCUT2D eigenvalue weighted by Crippen LogP contribution is -2.30. The fraction of sp³-hybridized carbons (Fsp3) is 0.714. The van der Waals surface area contributed by atoms with Crippen molar-refractivity contribution in [3.63, 3.8) is 0 Å². The fourth-order valence-electron chi connectivity index (χ4n) is 1.18. The van der Waals surface area contributed by atoms with Crippen molar-refractivity contribution in [2.45, 2.75) is 24.9 Å². The van der Waals surface area contributed by atoms with Gasteiger partial charge in [-0.3, -0.25) is 0 Å². The number of aliphatic hydroxyl groups excluding tert-OH is 1. The Morgan fingerprint density at radius 2 is 2.44 bits per heavy atom. The molecule has 9 heavy (non-hydrogen) atoms. The molecular formula is C7H13NO. The standard InChI is InChI=1S/C7H13NO/c1-2-6-3-4-7(5-9)8-6/h2,6-9H,1,3-5H2. The van der Waals surface area contributed by atoms with E-state index >= 15 is 0 Å². The van der Waals surface area contributed by atoms with E-state index in [1.807, 2.05) is 6.08 Å². The first-order valence-electron chi connectivity index (χ1n) is 3.36. The molecule has 0 aliphatic carbocycles. The minimum absolute atomic E-state index is 0.254. The van der Waals surface area contributed by atoms with E-state index in [4.69, 9.17) is 5.11 Å². The highest BCUT2D eigenvalue weighted by Gasteiger charge is 2.19. The first-order valence-corrected chi connectivity index (χ1v) is 3.36. The lowest BCUT2D eigenvalue weighted by atomic mass is 10.2. The number of hydrogen-bond acceptors (Lipinski definition) is 2. The van der Waals surface area contributed by atoms with Crippen molar-refractivity contribution in [1.29, 1.82) is 0 Å². The molecular weight excluding hydrogens is 114 g/mol. The van der Waals surface area contributed by atoms with E-state index in [1.165, 1.54) is 0 Å². The largest absolute Gasteiger partial charge is 0.395 e. The van der Waals surface area contributed by atoms with Crippen LogP contribution >= 0.6 is 0 Å². The molecule has 1 aliphatic heterocycles. The normalized spacial score (nSPS) is 34.8. The molecule has 2 heteroatoms. The molecule has 0 aromatic carbocycles. The minimum atomic E-state index is 0.254. The summed E-state index contributed by atoms with van der Waals surface area (Å²) in [5.41, 5.74) is 0. The van der Waals surface area contributed by atoms with Crippen molar-refractivity contribution in [2.75, 3.05) is 6.61 Å². The van der Waals surface area contributed by atoms with E-state index < -0.39 is 0 Å². The van der Waals surface area contributed by atoms with Gasteiger partial charge in [0.1, 0.15) is 0 Å². The highest BCUT2D eigenvalue weighted by Crippen LogP contribution is 2.11. The molecule has 2 atom stereocenters. The van der Waals surface area contributed by atoms with Crippen LogP contribution in [0.4, 0.5) is 0 Å². The zero-order valence-corrected chi connectivity index (χ0v) is 5.51. The maximum absolute atomic E-state index is 8.68. The van der Waals surface area contributed by atoms with Gasteiger partial charge in [-0.05, 0) is 12.8 Å². The summed E-state index contributed by atoms with van der Waals surface area (Å²) in [5, 5.41) is 11.9. The van der Waals surface area contributed by atoms with Gasteiger partial charge in [0.15, 0.2) is 0 Å². The lowest BCUT2D eigenvalue weighted by Gasteiger charge is -2.06. The number of aliphatic hydroxyl groups is 1. The Morgan fingerprint density at radius 1 is 1.67 bits per heavy atom. The molecule has 2 nitrogen and oxygen atoms in total. The van der Waals surface area contributed by atoms with Gasteiger partial charge in [0, 0.05) is 12.1 Å². The number of hydrogen-bond donors (Lipinski definition) is 2. The van der Waals surface area contributed by atoms with Crippen LogP contribution in [0.15, 0.2) is 12.7 Å². The van der Waals surface area contributed by atoms with E-state index in [1.54, 1.807) is 0 Å². The summed E-state index contributed by atoms with van der Waals surface area (Å²) in [6, 6.07) is 0.746. The number of nitrogens with one attached hydrogen (secondary N) is 1. The first kappa shape index (κ1) is 6.78. The Kier molecular flexibility index (Phi) is 2.25. The highest BCUT2D eigenvalue weighted by molar-refractivity contribution is 4.93. The van der Waals surface area contributed by atoms with Crippen LogP contribution in [0.1, 0.15) is 12.8 Å². The average Bonchev–Trinajstić information content (AvgIpc) is 2.34. The molecule has 0 bridgehead atoms. The molecule has 2 N–H and O–H groups in total. The molecule has 0 saturated carbocycles. The third-order valence-electron chi connectivity index (χ3n) is 1.78. The van der Waals surface area contributed by atoms with Gasteiger partial charge >= 0.3 is 0 Å². The Bertz CT molecular complexity index is 103. The fourth-order valence-corrected chi connectivity index (χ4v) is 1.18. The average molecular weight is 127 g/mol. The number of rotatable bonds is 2. The van der Waals surface area contributed by atoms with Crippen LogP contribution in [-0.2, 0) is 0 Å². The van der Waals surface area contributed by atoms with Gasteiger partial charge in [-0.2, -0.15) is 0 Å². The van der Waals surface area contributed by atoms with Crippen LogP contribution in [0.25, 0.3) is 0 Å². The van der Waals surface area contributed by atoms with E-state index in [-0.39, 0.29) is 6.61 Å². The van der Waals surface area contributed by atoms with Gasteiger partial charge in [0.25, 0.3) is 0 Å². The molecule has 0 aromatic rings. The lowest BCUT2D eigenvalue weighted by molar-refractivity contribution is 0.253. The van der Waals surface area contributed by atoms with Gasteiger partial charge in [0.2, 0.25) is 0 Å². The Hall–Kier alpha value is -0.340. The zero-order valence-electron chi connectivity index (χ0n) is 5.51. The summed E-state index contributed by atoms with van der Waals surface area (Å²) in [6.45, 7) is 3.92. The second kappa shape index (κ2) is 2.99. The zero-order chi connectivity index (χ0) is 6.69. The second-order valence-corrected chi connectivity index (χ2v) is 2.47. The molecule has 1 saturated heterocycles. The topological polar surface area (TPSA) is 32.3 Å². The summed E-state index contributed by atoms with van der Waals surface area (Å²) in [4.78, 5) is 0. The molecule has 0 aromatic heterocycles. The maximum Gasteiger partial charge on any atom is 0.0584 e. The minimum Gasteiger partial charge on any atom is -0.395 e. The van der Waals surface area contributed by atoms with E-state index in [2.05, 4.69) is 11.9 Å². The quantitative estimate of drug-likeness (QED) is 0.522. The van der Waals surface area contributed by atoms with E-state index in [0.717, 1.165) is 12.8 Å². The summed E-state index contributed by atoms with van der Waals surface area (Å²) in [6.07, 6.45) is 4.09. The highest BCUT2D eigenvalue weighted by atomic mass is 16.3. The van der Waals surface area contributed by atoms with Gasteiger partial charge in [-0.25, -0.2) is 0 Å². The third kappa shape index (κ3) is 1.53. The van der Waals surface area contributed by atoms with E-state index in [0.29, 0.717) is 12.1 Å². The predicted molar refractivity (Wildman–Crippen MR) is 37.2 cm³/mol. The van der Waals surface area contributed by atoms with Crippen LogP contribution in [0.2, 0.25) is 0 Å². The van der Waals surface area contributed by atoms with Crippen molar-refractivity contribution < 1.29 is 5.11 Å². The third-order valence-corrected chi connectivity index (χ3v) is 1.78.